The molecule has 0 spiro atoms. The molecule has 0 saturated carbocycles. The van der Waals surface area contributed by atoms with Gasteiger partial charge in [0.25, 0.3) is 5.92 Å². The Labute approximate surface area is 75.5 Å². The zero-order valence-corrected chi connectivity index (χ0v) is 7.78. The van der Waals surface area contributed by atoms with Gasteiger partial charge in [0.2, 0.25) is 0 Å². The number of hydrogen-bond donors (Lipinski definition) is 1. The predicted octanol–water partition coefficient (Wildman–Crippen LogP) is 0.325. The second kappa shape index (κ2) is 3.34. The van der Waals surface area contributed by atoms with Gasteiger partial charge in [0.05, 0.1) is 18.1 Å². The monoisotopic (exact) mass is 211 g/mol. The topological polar surface area (TPSA) is 60.2 Å². The summed E-state index contributed by atoms with van der Waals surface area (Å²) >= 11 is 0. The molecule has 0 saturated heterocycles. The van der Waals surface area contributed by atoms with Crippen molar-refractivity contribution in [3.05, 3.63) is 11.6 Å². The van der Waals surface area contributed by atoms with Crippen molar-refractivity contribution in [1.29, 1.82) is 0 Å². The predicted molar refractivity (Wildman–Crippen MR) is 45.4 cm³/mol. The molecule has 1 aliphatic rings. The van der Waals surface area contributed by atoms with Gasteiger partial charge in [-0.2, -0.15) is 0 Å². The van der Waals surface area contributed by atoms with Gasteiger partial charge >= 0.3 is 0 Å². The van der Waals surface area contributed by atoms with E-state index in [4.69, 9.17) is 5.73 Å². The molecule has 0 radical (unpaired) electrons. The third-order valence-corrected chi connectivity index (χ3v) is 3.49. The van der Waals surface area contributed by atoms with Gasteiger partial charge in [-0.3, -0.25) is 0 Å². The third kappa shape index (κ3) is 2.47. The van der Waals surface area contributed by atoms with E-state index in [1.165, 1.54) is 0 Å². The lowest BCUT2D eigenvalue weighted by Gasteiger charge is -2.21. The van der Waals surface area contributed by atoms with E-state index in [-0.39, 0.29) is 23.5 Å². The second-order valence-corrected chi connectivity index (χ2v) is 5.23. The molecular weight excluding hydrogens is 200 g/mol. The van der Waals surface area contributed by atoms with E-state index in [9.17, 15) is 17.2 Å². The molecule has 3 nitrogen and oxygen atoms in total. The average molecular weight is 211 g/mol. The first-order valence-electron chi connectivity index (χ1n) is 3.85. The zero-order valence-electron chi connectivity index (χ0n) is 6.96. The summed E-state index contributed by atoms with van der Waals surface area (Å²) in [5, 5.41) is 0. The van der Waals surface area contributed by atoms with Gasteiger partial charge in [0.1, 0.15) is 0 Å². The van der Waals surface area contributed by atoms with Crippen molar-refractivity contribution in [2.24, 2.45) is 5.73 Å². The molecule has 0 bridgehead atoms. The smallest absolute Gasteiger partial charge is 0.281 e. The molecule has 0 aromatic heterocycles. The molecule has 1 aliphatic heterocycles. The van der Waals surface area contributed by atoms with Crippen LogP contribution in [0.25, 0.3) is 0 Å². The maximum atomic E-state index is 12.9. The minimum atomic E-state index is -3.13. The fraction of sp³-hybridized carbons (Fsp3) is 0.714. The summed E-state index contributed by atoms with van der Waals surface area (Å²) in [6.45, 7) is -0.765. The molecule has 2 N–H and O–H groups in total. The van der Waals surface area contributed by atoms with Crippen molar-refractivity contribution in [1.82, 2.24) is 0 Å². The maximum Gasteiger partial charge on any atom is 0.281 e. The number of rotatable bonds is 2. The first kappa shape index (κ1) is 10.6. The van der Waals surface area contributed by atoms with Crippen LogP contribution in [0.1, 0.15) is 6.42 Å². The molecule has 0 fully saturated rings. The van der Waals surface area contributed by atoms with Gasteiger partial charge in [-0.05, 0) is 12.0 Å². The number of halogens is 2. The number of sulfone groups is 1. The standard InChI is InChI=1S/C7H11F2NO2S/c8-7(9,5-10)6-1-3-13(11,12)4-2-6/h1H,2-5,10H2. The fourth-order valence-electron chi connectivity index (χ4n) is 1.14. The van der Waals surface area contributed by atoms with Gasteiger partial charge in [-0.15, -0.1) is 0 Å². The van der Waals surface area contributed by atoms with Crippen molar-refractivity contribution in [3.63, 3.8) is 0 Å². The van der Waals surface area contributed by atoms with Crippen LogP contribution in [-0.2, 0) is 9.84 Å². The van der Waals surface area contributed by atoms with E-state index in [1.807, 2.05) is 0 Å². The molecular formula is C7H11F2NO2S. The highest BCUT2D eigenvalue weighted by atomic mass is 32.2. The summed E-state index contributed by atoms with van der Waals surface area (Å²) in [6.07, 6.45) is 0.970. The van der Waals surface area contributed by atoms with Crippen LogP contribution in [0.4, 0.5) is 8.78 Å². The molecule has 0 aromatic carbocycles. The van der Waals surface area contributed by atoms with Crippen LogP contribution in [0, 0.1) is 0 Å². The van der Waals surface area contributed by atoms with Gasteiger partial charge in [0, 0.05) is 0 Å². The Morgan fingerprint density at radius 3 is 2.54 bits per heavy atom. The third-order valence-electron chi connectivity index (χ3n) is 1.99. The molecule has 76 valence electrons. The van der Waals surface area contributed by atoms with Gasteiger partial charge in [-0.1, -0.05) is 6.08 Å². The Kier molecular flexibility index (Phi) is 2.72. The van der Waals surface area contributed by atoms with Crippen molar-refractivity contribution < 1.29 is 17.2 Å². The van der Waals surface area contributed by atoms with E-state index in [0.717, 1.165) is 6.08 Å². The average Bonchev–Trinajstić information content (AvgIpc) is 2.04. The molecule has 0 aliphatic carbocycles. The molecule has 1 rings (SSSR count). The highest BCUT2D eigenvalue weighted by Crippen LogP contribution is 2.28. The first-order valence-corrected chi connectivity index (χ1v) is 5.67. The largest absolute Gasteiger partial charge is 0.325 e. The summed E-state index contributed by atoms with van der Waals surface area (Å²) in [7, 11) is -3.13. The summed E-state index contributed by atoms with van der Waals surface area (Å²) in [5.41, 5.74) is 4.72. The Hall–Kier alpha value is -0.490. The van der Waals surface area contributed by atoms with Crippen LogP contribution in [-0.4, -0.2) is 32.4 Å². The second-order valence-electron chi connectivity index (χ2n) is 3.00. The van der Waals surface area contributed by atoms with Crippen molar-refractivity contribution in [2.45, 2.75) is 12.3 Å². The molecule has 0 amide bonds. The lowest BCUT2D eigenvalue weighted by Crippen LogP contribution is -2.33. The molecule has 1 heterocycles. The van der Waals surface area contributed by atoms with Crippen LogP contribution in [0.5, 0.6) is 0 Å². The number of nitrogens with two attached hydrogens (primary N) is 1. The first-order chi connectivity index (χ1) is 5.87. The number of alkyl halides is 2. The summed E-state index contributed by atoms with van der Waals surface area (Å²) in [4.78, 5) is 0. The van der Waals surface area contributed by atoms with E-state index >= 15 is 0 Å². The van der Waals surface area contributed by atoms with Crippen LogP contribution in [0.2, 0.25) is 0 Å². The highest BCUT2D eigenvalue weighted by molar-refractivity contribution is 7.91. The van der Waals surface area contributed by atoms with Gasteiger partial charge in [0.15, 0.2) is 9.84 Å². The van der Waals surface area contributed by atoms with E-state index in [2.05, 4.69) is 0 Å². The minimum absolute atomic E-state index is 0.105. The minimum Gasteiger partial charge on any atom is -0.325 e. The van der Waals surface area contributed by atoms with Crippen molar-refractivity contribution >= 4 is 9.84 Å². The Balaban J connectivity index is 2.82. The van der Waals surface area contributed by atoms with Crippen LogP contribution in [0.15, 0.2) is 11.6 Å². The molecule has 0 aromatic rings. The van der Waals surface area contributed by atoms with Crippen LogP contribution >= 0.6 is 0 Å². The highest BCUT2D eigenvalue weighted by Gasteiger charge is 2.34. The Morgan fingerprint density at radius 1 is 1.54 bits per heavy atom. The summed E-state index contributed by atoms with van der Waals surface area (Å²) < 4.78 is 47.6. The Bertz CT molecular complexity index is 321. The maximum absolute atomic E-state index is 12.9. The normalized spacial score (nSPS) is 22.5. The number of hydrogen-bond acceptors (Lipinski definition) is 3. The van der Waals surface area contributed by atoms with Gasteiger partial charge in [-0.25, -0.2) is 17.2 Å². The lowest BCUT2D eigenvalue weighted by atomic mass is 10.1. The Morgan fingerprint density at radius 2 is 2.15 bits per heavy atom. The SMILES string of the molecule is NCC(F)(F)C1=CCS(=O)(=O)CC1. The zero-order chi connectivity index (χ0) is 10.1. The quantitative estimate of drug-likeness (QED) is 0.669. The van der Waals surface area contributed by atoms with E-state index in [1.54, 1.807) is 0 Å². The molecule has 13 heavy (non-hydrogen) atoms. The van der Waals surface area contributed by atoms with Crippen LogP contribution < -0.4 is 5.73 Å². The van der Waals surface area contributed by atoms with Gasteiger partial charge < -0.3 is 5.73 Å². The van der Waals surface area contributed by atoms with Crippen molar-refractivity contribution in [2.75, 3.05) is 18.1 Å². The summed E-state index contributed by atoms with van der Waals surface area (Å²) in [6, 6.07) is 0. The fourth-order valence-corrected chi connectivity index (χ4v) is 2.29. The van der Waals surface area contributed by atoms with E-state index in [0.29, 0.717) is 0 Å². The lowest BCUT2D eigenvalue weighted by molar-refractivity contribution is 0.0483. The molecule has 0 unspecified atom stereocenters. The molecule has 0 atom stereocenters. The summed E-state index contributed by atoms with van der Waals surface area (Å²) in [5.74, 6) is -3.54. The van der Waals surface area contributed by atoms with Crippen molar-refractivity contribution in [3.8, 4) is 0 Å². The van der Waals surface area contributed by atoms with E-state index < -0.39 is 22.3 Å². The molecule has 6 heteroatoms. The van der Waals surface area contributed by atoms with Crippen LogP contribution in [0.3, 0.4) is 0 Å².